The Labute approximate surface area is 122 Å². The molecule has 4 heteroatoms. The summed E-state index contributed by atoms with van der Waals surface area (Å²) in [6.45, 7) is 8.89. The molecule has 1 N–H and O–H groups in total. The highest BCUT2D eigenvalue weighted by Gasteiger charge is 2.16. The summed E-state index contributed by atoms with van der Waals surface area (Å²) in [4.78, 5) is 2.33. The second-order valence-corrected chi connectivity index (χ2v) is 6.18. The van der Waals surface area contributed by atoms with E-state index in [9.17, 15) is 0 Å². The quantitative estimate of drug-likeness (QED) is 0.833. The number of hydrogen-bond acceptors (Lipinski definition) is 4. The van der Waals surface area contributed by atoms with Crippen molar-refractivity contribution in [2.24, 2.45) is 5.92 Å². The standard InChI is InChI=1S/C16H28N2O2/c1-13(2)17-9-15-6-7-16(20-15)11-18(3)10-14-5-4-8-19-12-14/h6-7,13-14,17H,4-5,8-12H2,1-3H3. The Morgan fingerprint density at radius 1 is 1.35 bits per heavy atom. The number of nitrogens with zero attached hydrogens (tertiary/aromatic N) is 1. The molecule has 0 radical (unpaired) electrons. The van der Waals surface area contributed by atoms with Gasteiger partial charge in [-0.05, 0) is 37.9 Å². The van der Waals surface area contributed by atoms with Gasteiger partial charge >= 0.3 is 0 Å². The smallest absolute Gasteiger partial charge is 0.118 e. The summed E-state index contributed by atoms with van der Waals surface area (Å²) in [6, 6.07) is 4.64. The van der Waals surface area contributed by atoms with E-state index in [2.05, 4.69) is 43.2 Å². The predicted molar refractivity (Wildman–Crippen MR) is 80.6 cm³/mol. The predicted octanol–water partition coefficient (Wildman–Crippen LogP) is 2.64. The number of hydrogen-bond donors (Lipinski definition) is 1. The van der Waals surface area contributed by atoms with Crippen molar-refractivity contribution in [3.05, 3.63) is 23.7 Å². The Morgan fingerprint density at radius 2 is 2.15 bits per heavy atom. The summed E-state index contributed by atoms with van der Waals surface area (Å²) in [6.07, 6.45) is 2.48. The molecule has 0 aromatic carbocycles. The monoisotopic (exact) mass is 280 g/mol. The molecule has 2 heterocycles. The van der Waals surface area contributed by atoms with Crippen LogP contribution in [0.5, 0.6) is 0 Å². The molecule has 1 saturated heterocycles. The third-order valence-corrected chi connectivity index (χ3v) is 3.65. The molecule has 0 saturated carbocycles. The third kappa shape index (κ3) is 5.27. The van der Waals surface area contributed by atoms with Gasteiger partial charge in [0.05, 0.1) is 19.7 Å². The summed E-state index contributed by atoms with van der Waals surface area (Å²) in [5.74, 6) is 2.73. The van der Waals surface area contributed by atoms with Gasteiger partial charge in [0.25, 0.3) is 0 Å². The highest BCUT2D eigenvalue weighted by atomic mass is 16.5. The van der Waals surface area contributed by atoms with Crippen molar-refractivity contribution in [1.82, 2.24) is 10.2 Å². The molecule has 2 rings (SSSR count). The first-order valence-corrected chi connectivity index (χ1v) is 7.70. The lowest BCUT2D eigenvalue weighted by Crippen LogP contribution is -2.30. The molecule has 1 aromatic rings. The van der Waals surface area contributed by atoms with Crippen LogP contribution >= 0.6 is 0 Å². The van der Waals surface area contributed by atoms with E-state index >= 15 is 0 Å². The van der Waals surface area contributed by atoms with Crippen LogP contribution in [-0.2, 0) is 17.8 Å². The minimum atomic E-state index is 0.484. The molecular weight excluding hydrogens is 252 g/mol. The number of ether oxygens (including phenoxy) is 1. The normalized spacial score (nSPS) is 19.9. The van der Waals surface area contributed by atoms with Crippen molar-refractivity contribution in [2.75, 3.05) is 26.8 Å². The molecule has 1 unspecified atom stereocenters. The SMILES string of the molecule is CC(C)NCc1ccc(CN(C)CC2CCCOC2)o1. The fraction of sp³-hybridized carbons (Fsp3) is 0.750. The van der Waals surface area contributed by atoms with Crippen LogP contribution in [0.3, 0.4) is 0 Å². The Balaban J connectivity index is 1.74. The van der Waals surface area contributed by atoms with Gasteiger partial charge < -0.3 is 14.5 Å². The summed E-state index contributed by atoms with van der Waals surface area (Å²) in [5, 5.41) is 3.37. The number of furan rings is 1. The van der Waals surface area contributed by atoms with Gasteiger partial charge in [-0.15, -0.1) is 0 Å². The third-order valence-electron chi connectivity index (χ3n) is 3.65. The fourth-order valence-electron chi connectivity index (χ4n) is 2.63. The van der Waals surface area contributed by atoms with Gasteiger partial charge in [-0.2, -0.15) is 0 Å². The molecule has 1 fully saturated rings. The largest absolute Gasteiger partial charge is 0.463 e. The first-order valence-electron chi connectivity index (χ1n) is 7.70. The molecule has 1 aliphatic heterocycles. The van der Waals surface area contributed by atoms with E-state index in [1.165, 1.54) is 12.8 Å². The van der Waals surface area contributed by atoms with Crippen molar-refractivity contribution in [2.45, 2.75) is 45.8 Å². The van der Waals surface area contributed by atoms with Crippen LogP contribution in [0.25, 0.3) is 0 Å². The zero-order valence-corrected chi connectivity index (χ0v) is 13.0. The highest BCUT2D eigenvalue weighted by Crippen LogP contribution is 2.16. The average Bonchev–Trinajstić information content (AvgIpc) is 2.85. The fourth-order valence-corrected chi connectivity index (χ4v) is 2.63. The molecule has 1 atom stereocenters. The van der Waals surface area contributed by atoms with E-state index in [1.54, 1.807) is 0 Å². The second-order valence-electron chi connectivity index (χ2n) is 6.18. The molecule has 0 bridgehead atoms. The van der Waals surface area contributed by atoms with Crippen molar-refractivity contribution in [3.63, 3.8) is 0 Å². The van der Waals surface area contributed by atoms with E-state index in [0.29, 0.717) is 12.0 Å². The van der Waals surface area contributed by atoms with Gasteiger partial charge in [-0.3, -0.25) is 4.90 Å². The molecule has 20 heavy (non-hydrogen) atoms. The van der Waals surface area contributed by atoms with E-state index < -0.39 is 0 Å². The highest BCUT2D eigenvalue weighted by molar-refractivity contribution is 5.07. The maximum absolute atomic E-state index is 5.86. The maximum atomic E-state index is 5.86. The average molecular weight is 280 g/mol. The number of nitrogens with one attached hydrogen (secondary N) is 1. The molecule has 0 aliphatic carbocycles. The Morgan fingerprint density at radius 3 is 2.85 bits per heavy atom. The Bertz CT molecular complexity index is 384. The minimum Gasteiger partial charge on any atom is -0.463 e. The lowest BCUT2D eigenvalue weighted by Gasteiger charge is -2.26. The van der Waals surface area contributed by atoms with Crippen molar-refractivity contribution >= 4 is 0 Å². The first-order chi connectivity index (χ1) is 9.63. The molecule has 114 valence electrons. The van der Waals surface area contributed by atoms with E-state index in [0.717, 1.165) is 44.4 Å². The molecule has 1 aliphatic rings. The van der Waals surface area contributed by atoms with Crippen LogP contribution < -0.4 is 5.32 Å². The van der Waals surface area contributed by atoms with Gasteiger partial charge in [0.15, 0.2) is 0 Å². The summed E-state index contributed by atoms with van der Waals surface area (Å²) in [5.41, 5.74) is 0. The molecular formula is C16H28N2O2. The van der Waals surface area contributed by atoms with Crippen LogP contribution in [0.1, 0.15) is 38.2 Å². The molecule has 4 nitrogen and oxygen atoms in total. The molecule has 1 aromatic heterocycles. The van der Waals surface area contributed by atoms with Gasteiger partial charge in [-0.25, -0.2) is 0 Å². The van der Waals surface area contributed by atoms with Gasteiger partial charge in [0.1, 0.15) is 11.5 Å². The zero-order chi connectivity index (χ0) is 14.4. The number of rotatable bonds is 7. The van der Waals surface area contributed by atoms with Crippen molar-refractivity contribution in [3.8, 4) is 0 Å². The first kappa shape index (κ1) is 15.5. The molecule has 0 spiro atoms. The zero-order valence-electron chi connectivity index (χ0n) is 13.0. The lowest BCUT2D eigenvalue weighted by atomic mass is 10.0. The second kappa shape index (κ2) is 7.81. The Kier molecular flexibility index (Phi) is 6.07. The lowest BCUT2D eigenvalue weighted by molar-refractivity contribution is 0.0403. The van der Waals surface area contributed by atoms with Crippen molar-refractivity contribution < 1.29 is 9.15 Å². The van der Waals surface area contributed by atoms with Gasteiger partial charge in [0, 0.05) is 19.2 Å². The summed E-state index contributed by atoms with van der Waals surface area (Å²) < 4.78 is 11.4. The van der Waals surface area contributed by atoms with E-state index in [4.69, 9.17) is 9.15 Å². The maximum Gasteiger partial charge on any atom is 0.118 e. The van der Waals surface area contributed by atoms with Crippen LogP contribution in [0.15, 0.2) is 16.5 Å². The Hall–Kier alpha value is -0.840. The summed E-state index contributed by atoms with van der Waals surface area (Å²) in [7, 11) is 2.16. The van der Waals surface area contributed by atoms with Gasteiger partial charge in [-0.1, -0.05) is 13.8 Å². The van der Waals surface area contributed by atoms with Crippen LogP contribution in [0.2, 0.25) is 0 Å². The summed E-state index contributed by atoms with van der Waals surface area (Å²) >= 11 is 0. The minimum absolute atomic E-state index is 0.484. The van der Waals surface area contributed by atoms with Crippen LogP contribution in [-0.4, -0.2) is 37.7 Å². The van der Waals surface area contributed by atoms with Crippen LogP contribution in [0.4, 0.5) is 0 Å². The van der Waals surface area contributed by atoms with Crippen molar-refractivity contribution in [1.29, 1.82) is 0 Å². The van der Waals surface area contributed by atoms with Gasteiger partial charge in [0.2, 0.25) is 0 Å². The van der Waals surface area contributed by atoms with E-state index in [1.807, 2.05) is 0 Å². The van der Waals surface area contributed by atoms with E-state index in [-0.39, 0.29) is 0 Å². The molecule has 0 amide bonds. The van der Waals surface area contributed by atoms with Crippen LogP contribution in [0, 0.1) is 5.92 Å². The topological polar surface area (TPSA) is 37.6 Å².